The van der Waals surface area contributed by atoms with Gasteiger partial charge in [0.15, 0.2) is 0 Å². The maximum Gasteiger partial charge on any atom is 0.123 e. The minimum absolute atomic E-state index is 0.182. The minimum atomic E-state index is -0.182. The molecule has 0 amide bonds. The average Bonchev–Trinajstić information content (AvgIpc) is 2.17. The van der Waals surface area contributed by atoms with Crippen molar-refractivity contribution in [2.45, 2.75) is 25.3 Å². The van der Waals surface area contributed by atoms with Crippen LogP contribution in [0.4, 0.5) is 10.1 Å². The van der Waals surface area contributed by atoms with Gasteiger partial charge in [-0.2, -0.15) is 0 Å². The molecule has 1 heterocycles. The van der Waals surface area contributed by atoms with Gasteiger partial charge in [-0.15, -0.1) is 0 Å². The van der Waals surface area contributed by atoms with Crippen LogP contribution in [0.15, 0.2) is 18.2 Å². The lowest BCUT2D eigenvalue weighted by Crippen LogP contribution is -2.29. The molecule has 3 N–H and O–H groups in total. The Morgan fingerprint density at radius 1 is 1.57 bits per heavy atom. The molecular formula is C11H15FN2. The van der Waals surface area contributed by atoms with Gasteiger partial charge in [0.1, 0.15) is 5.82 Å². The summed E-state index contributed by atoms with van der Waals surface area (Å²) >= 11 is 0. The fourth-order valence-electron chi connectivity index (χ4n) is 2.10. The van der Waals surface area contributed by atoms with Crippen molar-refractivity contribution in [3.05, 3.63) is 29.6 Å². The smallest absolute Gasteiger partial charge is 0.123 e. The first kappa shape index (κ1) is 9.46. The molecule has 2 atom stereocenters. The van der Waals surface area contributed by atoms with E-state index in [1.54, 1.807) is 12.1 Å². The van der Waals surface area contributed by atoms with Crippen molar-refractivity contribution in [1.82, 2.24) is 0 Å². The van der Waals surface area contributed by atoms with Crippen LogP contribution in [-0.2, 0) is 0 Å². The second-order valence-electron chi connectivity index (χ2n) is 3.95. The van der Waals surface area contributed by atoms with Gasteiger partial charge in [0.05, 0.1) is 0 Å². The molecule has 1 aliphatic rings. The van der Waals surface area contributed by atoms with Gasteiger partial charge in [-0.05, 0) is 43.7 Å². The summed E-state index contributed by atoms with van der Waals surface area (Å²) in [5.41, 5.74) is 7.73. The molecule has 0 aliphatic carbocycles. The van der Waals surface area contributed by atoms with E-state index in [0.29, 0.717) is 12.6 Å². The van der Waals surface area contributed by atoms with Crippen molar-refractivity contribution in [1.29, 1.82) is 0 Å². The number of halogens is 1. The molecule has 0 spiro atoms. The van der Waals surface area contributed by atoms with E-state index in [1.807, 2.05) is 0 Å². The van der Waals surface area contributed by atoms with Gasteiger partial charge in [0.2, 0.25) is 0 Å². The molecule has 14 heavy (non-hydrogen) atoms. The number of nitrogens with one attached hydrogen (secondary N) is 1. The molecule has 76 valence electrons. The first-order valence-corrected chi connectivity index (χ1v) is 4.96. The third kappa shape index (κ3) is 1.60. The van der Waals surface area contributed by atoms with Crippen LogP contribution in [0.1, 0.15) is 24.8 Å². The summed E-state index contributed by atoms with van der Waals surface area (Å²) < 4.78 is 13.0. The Morgan fingerprint density at radius 2 is 2.36 bits per heavy atom. The van der Waals surface area contributed by atoms with Gasteiger partial charge >= 0.3 is 0 Å². The lowest BCUT2D eigenvalue weighted by molar-refractivity contribution is 0.552. The maximum absolute atomic E-state index is 13.0. The van der Waals surface area contributed by atoms with Crippen LogP contribution in [0.2, 0.25) is 0 Å². The number of fused-ring (bicyclic) bond motifs is 1. The van der Waals surface area contributed by atoms with E-state index < -0.39 is 0 Å². The highest BCUT2D eigenvalue weighted by molar-refractivity contribution is 5.55. The summed E-state index contributed by atoms with van der Waals surface area (Å²) in [4.78, 5) is 0. The minimum Gasteiger partial charge on any atom is -0.382 e. The SMILES string of the molecule is CC1CC(CN)c2cc(F)ccc2N1. The molecule has 2 nitrogen and oxygen atoms in total. The third-order valence-corrected chi connectivity index (χ3v) is 2.78. The summed E-state index contributed by atoms with van der Waals surface area (Å²) in [6.07, 6.45) is 0.979. The van der Waals surface area contributed by atoms with Crippen molar-refractivity contribution in [3.8, 4) is 0 Å². The highest BCUT2D eigenvalue weighted by atomic mass is 19.1. The summed E-state index contributed by atoms with van der Waals surface area (Å²) in [6.45, 7) is 2.71. The molecule has 2 unspecified atom stereocenters. The number of hydrogen-bond donors (Lipinski definition) is 2. The largest absolute Gasteiger partial charge is 0.382 e. The van der Waals surface area contributed by atoms with E-state index >= 15 is 0 Å². The molecule has 0 saturated carbocycles. The van der Waals surface area contributed by atoms with Crippen LogP contribution in [0.5, 0.6) is 0 Å². The molecule has 0 saturated heterocycles. The van der Waals surface area contributed by atoms with Gasteiger partial charge in [-0.3, -0.25) is 0 Å². The molecule has 0 aromatic heterocycles. The quantitative estimate of drug-likeness (QED) is 0.718. The van der Waals surface area contributed by atoms with E-state index in [2.05, 4.69) is 12.2 Å². The van der Waals surface area contributed by atoms with Crippen molar-refractivity contribution >= 4 is 5.69 Å². The Morgan fingerprint density at radius 3 is 3.07 bits per heavy atom. The molecule has 2 rings (SSSR count). The summed E-state index contributed by atoms with van der Waals surface area (Å²) in [5, 5.41) is 3.33. The predicted molar refractivity (Wildman–Crippen MR) is 55.9 cm³/mol. The fraction of sp³-hybridized carbons (Fsp3) is 0.455. The Bertz CT molecular complexity index is 338. The Labute approximate surface area is 83.3 Å². The number of anilines is 1. The molecule has 0 fully saturated rings. The molecule has 3 heteroatoms. The van der Waals surface area contributed by atoms with E-state index in [4.69, 9.17) is 5.73 Å². The van der Waals surface area contributed by atoms with Crippen molar-refractivity contribution in [3.63, 3.8) is 0 Å². The van der Waals surface area contributed by atoms with Gasteiger partial charge in [0, 0.05) is 17.6 Å². The van der Waals surface area contributed by atoms with Crippen LogP contribution >= 0.6 is 0 Å². The van der Waals surface area contributed by atoms with Crippen molar-refractivity contribution < 1.29 is 4.39 Å². The average molecular weight is 194 g/mol. The first-order chi connectivity index (χ1) is 6.70. The lowest BCUT2D eigenvalue weighted by atomic mass is 9.87. The monoisotopic (exact) mass is 194 g/mol. The van der Waals surface area contributed by atoms with Crippen molar-refractivity contribution in [2.75, 3.05) is 11.9 Å². The Kier molecular flexibility index (Phi) is 2.42. The highest BCUT2D eigenvalue weighted by Crippen LogP contribution is 2.33. The lowest BCUT2D eigenvalue weighted by Gasteiger charge is -2.30. The molecule has 1 aromatic rings. The second-order valence-corrected chi connectivity index (χ2v) is 3.95. The molecule has 1 aromatic carbocycles. The first-order valence-electron chi connectivity index (χ1n) is 4.96. The zero-order chi connectivity index (χ0) is 10.1. The van der Waals surface area contributed by atoms with Gasteiger partial charge in [-0.25, -0.2) is 4.39 Å². The molecule has 0 bridgehead atoms. The summed E-state index contributed by atoms with van der Waals surface area (Å²) in [7, 11) is 0. The summed E-state index contributed by atoms with van der Waals surface area (Å²) in [6, 6.07) is 5.29. The molecular weight excluding hydrogens is 179 g/mol. The number of hydrogen-bond acceptors (Lipinski definition) is 2. The van der Waals surface area contributed by atoms with E-state index in [9.17, 15) is 4.39 Å². The zero-order valence-electron chi connectivity index (χ0n) is 8.26. The zero-order valence-corrected chi connectivity index (χ0v) is 8.26. The molecule has 0 radical (unpaired) electrons. The third-order valence-electron chi connectivity index (χ3n) is 2.78. The van der Waals surface area contributed by atoms with Gasteiger partial charge in [-0.1, -0.05) is 0 Å². The number of rotatable bonds is 1. The van der Waals surface area contributed by atoms with Crippen LogP contribution in [-0.4, -0.2) is 12.6 Å². The molecule has 1 aliphatic heterocycles. The van der Waals surface area contributed by atoms with Crippen LogP contribution in [0, 0.1) is 5.82 Å². The van der Waals surface area contributed by atoms with Gasteiger partial charge in [0.25, 0.3) is 0 Å². The highest BCUT2D eigenvalue weighted by Gasteiger charge is 2.23. The predicted octanol–water partition coefficient (Wildman–Crippen LogP) is 2.07. The Balaban J connectivity index is 2.41. The number of benzene rings is 1. The van der Waals surface area contributed by atoms with Crippen LogP contribution in [0.3, 0.4) is 0 Å². The second kappa shape index (κ2) is 3.58. The van der Waals surface area contributed by atoms with E-state index in [0.717, 1.165) is 17.7 Å². The van der Waals surface area contributed by atoms with E-state index in [1.165, 1.54) is 6.07 Å². The van der Waals surface area contributed by atoms with E-state index in [-0.39, 0.29) is 11.7 Å². The van der Waals surface area contributed by atoms with Gasteiger partial charge < -0.3 is 11.1 Å². The Hall–Kier alpha value is -1.09. The van der Waals surface area contributed by atoms with Crippen LogP contribution in [0.25, 0.3) is 0 Å². The van der Waals surface area contributed by atoms with Crippen molar-refractivity contribution in [2.24, 2.45) is 5.73 Å². The maximum atomic E-state index is 13.0. The number of nitrogens with two attached hydrogens (primary N) is 1. The summed E-state index contributed by atoms with van der Waals surface area (Å²) in [5.74, 6) is 0.107. The van der Waals surface area contributed by atoms with Crippen LogP contribution < -0.4 is 11.1 Å². The topological polar surface area (TPSA) is 38.0 Å². The normalized spacial score (nSPS) is 25.4. The fourth-order valence-corrected chi connectivity index (χ4v) is 2.10. The standard InChI is InChI=1S/C11H15FN2/c1-7-4-8(6-13)10-5-9(12)2-3-11(10)14-7/h2-3,5,7-8,14H,4,6,13H2,1H3.